The zero-order valence-corrected chi connectivity index (χ0v) is 17.6. The molecule has 32 heavy (non-hydrogen) atoms. The van der Waals surface area contributed by atoms with Crippen molar-refractivity contribution in [1.82, 2.24) is 14.4 Å². The fourth-order valence-corrected chi connectivity index (χ4v) is 4.50. The van der Waals surface area contributed by atoms with Crippen molar-refractivity contribution in [2.45, 2.75) is 44.6 Å². The summed E-state index contributed by atoms with van der Waals surface area (Å²) in [6.45, 7) is -0.205. The first kappa shape index (κ1) is 20.4. The molecule has 0 atom stereocenters. The summed E-state index contributed by atoms with van der Waals surface area (Å²) in [5.74, 6) is 1.04. The van der Waals surface area contributed by atoms with E-state index in [2.05, 4.69) is 9.38 Å². The Balaban J connectivity index is 1.50. The van der Waals surface area contributed by atoms with Gasteiger partial charge in [0.25, 0.3) is 0 Å². The van der Waals surface area contributed by atoms with Crippen LogP contribution in [0, 0.1) is 11.6 Å². The maximum absolute atomic E-state index is 13.9. The SMILES string of the molecule is Nc1nccn2c(C3CCCCC3)nc(-c3cccc(OCc4c(F)cccc4F)c3)c12. The van der Waals surface area contributed by atoms with Crippen LogP contribution < -0.4 is 10.5 Å². The zero-order valence-electron chi connectivity index (χ0n) is 17.6. The van der Waals surface area contributed by atoms with Crippen molar-refractivity contribution in [2.75, 3.05) is 5.73 Å². The van der Waals surface area contributed by atoms with Gasteiger partial charge in [-0.15, -0.1) is 0 Å². The number of aromatic nitrogens is 3. The van der Waals surface area contributed by atoms with Gasteiger partial charge in [0.1, 0.15) is 46.8 Å². The second-order valence-corrected chi connectivity index (χ2v) is 8.20. The summed E-state index contributed by atoms with van der Waals surface area (Å²) in [7, 11) is 0. The van der Waals surface area contributed by atoms with Crippen LogP contribution in [-0.4, -0.2) is 14.4 Å². The largest absolute Gasteiger partial charge is 0.489 e. The Hall–Kier alpha value is -3.48. The number of halogens is 2. The van der Waals surface area contributed by atoms with Crippen molar-refractivity contribution >= 4 is 11.3 Å². The van der Waals surface area contributed by atoms with E-state index in [4.69, 9.17) is 15.5 Å². The van der Waals surface area contributed by atoms with Crippen LogP contribution in [0.25, 0.3) is 16.8 Å². The number of fused-ring (bicyclic) bond motifs is 1. The average molecular weight is 434 g/mol. The average Bonchev–Trinajstić information content (AvgIpc) is 3.21. The van der Waals surface area contributed by atoms with Crippen LogP contribution in [0.5, 0.6) is 5.75 Å². The van der Waals surface area contributed by atoms with Gasteiger partial charge in [0, 0.05) is 23.9 Å². The molecule has 0 saturated heterocycles. The van der Waals surface area contributed by atoms with Gasteiger partial charge in [0.15, 0.2) is 0 Å². The molecule has 0 spiro atoms. The highest BCUT2D eigenvalue weighted by molar-refractivity contribution is 5.85. The molecular formula is C25H24F2N4O. The van der Waals surface area contributed by atoms with E-state index in [0.29, 0.717) is 17.5 Å². The quantitative estimate of drug-likeness (QED) is 0.426. The first-order valence-corrected chi connectivity index (χ1v) is 10.9. The van der Waals surface area contributed by atoms with Crippen LogP contribution in [0.2, 0.25) is 0 Å². The minimum atomic E-state index is -0.628. The third kappa shape index (κ3) is 3.79. The van der Waals surface area contributed by atoms with E-state index in [1.54, 1.807) is 12.3 Å². The number of nitrogens with two attached hydrogens (primary N) is 1. The van der Waals surface area contributed by atoms with Crippen molar-refractivity contribution < 1.29 is 13.5 Å². The van der Waals surface area contributed by atoms with E-state index in [-0.39, 0.29) is 12.2 Å². The van der Waals surface area contributed by atoms with Gasteiger partial charge >= 0.3 is 0 Å². The second-order valence-electron chi connectivity index (χ2n) is 8.20. The van der Waals surface area contributed by atoms with Gasteiger partial charge in [0.2, 0.25) is 0 Å². The maximum atomic E-state index is 13.9. The number of benzene rings is 2. The minimum absolute atomic E-state index is 0.0987. The number of nitrogen functional groups attached to an aromatic ring is 1. The van der Waals surface area contributed by atoms with Gasteiger partial charge in [-0.1, -0.05) is 37.5 Å². The Morgan fingerprint density at radius 1 is 1.03 bits per heavy atom. The Morgan fingerprint density at radius 2 is 1.78 bits per heavy atom. The van der Waals surface area contributed by atoms with Crippen LogP contribution in [0.3, 0.4) is 0 Å². The molecule has 5 nitrogen and oxygen atoms in total. The molecule has 2 heterocycles. The van der Waals surface area contributed by atoms with Crippen molar-refractivity contribution in [3.63, 3.8) is 0 Å². The normalized spacial score (nSPS) is 14.7. The summed E-state index contributed by atoms with van der Waals surface area (Å²) in [4.78, 5) is 9.27. The third-order valence-electron chi connectivity index (χ3n) is 6.13. The number of rotatable bonds is 5. The number of hydrogen-bond acceptors (Lipinski definition) is 4. The fourth-order valence-electron chi connectivity index (χ4n) is 4.50. The standard InChI is InChI=1S/C25H24F2N4O/c26-20-10-5-11-21(27)19(20)15-32-18-9-4-8-17(14-18)22-23-24(28)29-12-13-31(23)25(30-22)16-6-2-1-3-7-16/h4-5,8-14,16H,1-3,6-7,15H2,(H2,28,29). The predicted octanol–water partition coefficient (Wildman–Crippen LogP) is 5.88. The molecule has 1 aliphatic carbocycles. The molecule has 4 aromatic rings. The molecule has 164 valence electrons. The number of hydrogen-bond donors (Lipinski definition) is 1. The van der Waals surface area contributed by atoms with Crippen LogP contribution >= 0.6 is 0 Å². The highest BCUT2D eigenvalue weighted by atomic mass is 19.1. The van der Waals surface area contributed by atoms with Crippen molar-refractivity contribution in [1.29, 1.82) is 0 Å². The summed E-state index contributed by atoms with van der Waals surface area (Å²) < 4.78 is 35.7. The van der Waals surface area contributed by atoms with Gasteiger partial charge in [-0.25, -0.2) is 18.7 Å². The van der Waals surface area contributed by atoms with Crippen molar-refractivity contribution in [3.05, 3.63) is 77.9 Å². The lowest BCUT2D eigenvalue weighted by atomic mass is 9.89. The van der Waals surface area contributed by atoms with Crippen molar-refractivity contribution in [2.24, 2.45) is 0 Å². The summed E-state index contributed by atoms with van der Waals surface area (Å²) in [5, 5.41) is 0. The maximum Gasteiger partial charge on any atom is 0.150 e. The summed E-state index contributed by atoms with van der Waals surface area (Å²) >= 11 is 0. The van der Waals surface area contributed by atoms with Gasteiger partial charge in [-0.2, -0.15) is 0 Å². The monoisotopic (exact) mass is 434 g/mol. The van der Waals surface area contributed by atoms with Gasteiger partial charge < -0.3 is 10.5 Å². The molecule has 2 aromatic carbocycles. The van der Waals surface area contributed by atoms with E-state index < -0.39 is 11.6 Å². The van der Waals surface area contributed by atoms with Crippen LogP contribution in [0.15, 0.2) is 54.9 Å². The predicted molar refractivity (Wildman–Crippen MR) is 119 cm³/mol. The Labute approximate surface area is 184 Å². The van der Waals surface area contributed by atoms with Crippen LogP contribution in [-0.2, 0) is 6.61 Å². The Kier molecular flexibility index (Phi) is 5.47. The Bertz CT molecular complexity index is 1240. The van der Waals surface area contributed by atoms with E-state index in [1.807, 2.05) is 24.4 Å². The lowest BCUT2D eigenvalue weighted by Crippen LogP contribution is -2.09. The molecule has 0 amide bonds. The second kappa shape index (κ2) is 8.57. The van der Waals surface area contributed by atoms with Crippen LogP contribution in [0.4, 0.5) is 14.6 Å². The van der Waals surface area contributed by atoms with Gasteiger partial charge in [-0.3, -0.25) is 4.40 Å². The highest BCUT2D eigenvalue weighted by Crippen LogP contribution is 2.37. The molecule has 0 bridgehead atoms. The smallest absolute Gasteiger partial charge is 0.150 e. The highest BCUT2D eigenvalue weighted by Gasteiger charge is 2.24. The van der Waals surface area contributed by atoms with Gasteiger partial charge in [-0.05, 0) is 37.1 Å². The minimum Gasteiger partial charge on any atom is -0.489 e. The molecule has 1 aliphatic rings. The molecule has 1 saturated carbocycles. The summed E-state index contributed by atoms with van der Waals surface area (Å²) in [6.07, 6.45) is 9.49. The molecule has 2 aromatic heterocycles. The molecular weight excluding hydrogens is 410 g/mol. The summed E-state index contributed by atoms with van der Waals surface area (Å²) in [5.41, 5.74) is 8.48. The third-order valence-corrected chi connectivity index (χ3v) is 6.13. The topological polar surface area (TPSA) is 65.4 Å². The molecule has 2 N–H and O–H groups in total. The number of imidazole rings is 1. The molecule has 0 unspecified atom stereocenters. The number of ether oxygens (including phenoxy) is 1. The lowest BCUT2D eigenvalue weighted by Gasteiger charge is -2.20. The first-order chi connectivity index (χ1) is 15.6. The zero-order chi connectivity index (χ0) is 22.1. The summed E-state index contributed by atoms with van der Waals surface area (Å²) in [6, 6.07) is 11.1. The number of nitrogens with zero attached hydrogens (tertiary/aromatic N) is 3. The van der Waals surface area contributed by atoms with E-state index in [9.17, 15) is 8.78 Å². The molecule has 1 fully saturated rings. The molecule has 0 aliphatic heterocycles. The van der Waals surface area contributed by atoms with E-state index in [1.165, 1.54) is 37.5 Å². The van der Waals surface area contributed by atoms with Gasteiger partial charge in [0.05, 0.1) is 5.56 Å². The Morgan fingerprint density at radius 3 is 2.56 bits per heavy atom. The van der Waals surface area contributed by atoms with Crippen LogP contribution in [0.1, 0.15) is 49.4 Å². The fraction of sp³-hybridized carbons (Fsp3) is 0.280. The molecule has 7 heteroatoms. The van der Waals surface area contributed by atoms with E-state index >= 15 is 0 Å². The van der Waals surface area contributed by atoms with E-state index in [0.717, 1.165) is 35.4 Å². The molecule has 0 radical (unpaired) electrons. The lowest BCUT2D eigenvalue weighted by molar-refractivity contribution is 0.292. The molecule has 5 rings (SSSR count). The number of anilines is 1. The first-order valence-electron chi connectivity index (χ1n) is 10.9. The van der Waals surface area contributed by atoms with Crippen molar-refractivity contribution in [3.8, 4) is 17.0 Å².